The van der Waals surface area contributed by atoms with E-state index in [-0.39, 0.29) is 5.91 Å². The monoisotopic (exact) mass is 315 g/mol. The summed E-state index contributed by atoms with van der Waals surface area (Å²) >= 11 is 0. The summed E-state index contributed by atoms with van der Waals surface area (Å²) in [6, 6.07) is 10.0. The Kier molecular flexibility index (Phi) is 4.62. The number of rotatable bonds is 4. The molecule has 1 amide bonds. The number of hydrogen-bond donors (Lipinski definition) is 2. The average molecular weight is 315 g/mol. The summed E-state index contributed by atoms with van der Waals surface area (Å²) in [5, 5.41) is 6.57. The predicted octanol–water partition coefficient (Wildman–Crippen LogP) is 0.248. The molecule has 1 aliphatic heterocycles. The van der Waals surface area contributed by atoms with E-state index in [2.05, 4.69) is 46.7 Å². The number of carbonyl (C=O) groups excluding carboxylic acids is 1. The third-order valence-electron chi connectivity index (χ3n) is 4.23. The zero-order valence-corrected chi connectivity index (χ0v) is 13.6. The van der Waals surface area contributed by atoms with Gasteiger partial charge in [0.15, 0.2) is 5.69 Å². The minimum atomic E-state index is -0.215. The number of anilines is 1. The standard InChI is InChI=1S/C17H22N4O2/c1-13-11-16(19-23-13)17(22)18-12-14-3-5-15(6-4-14)21-9-7-20(2)8-10-21/h3-6,11H,7-10,12H2,1-2H3,(H,18,22)/p+1. The predicted molar refractivity (Wildman–Crippen MR) is 87.7 cm³/mol. The van der Waals surface area contributed by atoms with Crippen molar-refractivity contribution in [2.24, 2.45) is 0 Å². The molecule has 0 saturated carbocycles. The van der Waals surface area contributed by atoms with Gasteiger partial charge in [-0.25, -0.2) is 0 Å². The molecule has 0 aliphatic carbocycles. The highest BCUT2D eigenvalue weighted by Gasteiger charge is 2.16. The molecule has 6 nitrogen and oxygen atoms in total. The Morgan fingerprint density at radius 1 is 1.30 bits per heavy atom. The maximum Gasteiger partial charge on any atom is 0.273 e. The Labute approximate surface area is 136 Å². The summed E-state index contributed by atoms with van der Waals surface area (Å²) in [5.74, 6) is 0.418. The summed E-state index contributed by atoms with van der Waals surface area (Å²) in [4.78, 5) is 15.9. The zero-order chi connectivity index (χ0) is 16.2. The van der Waals surface area contributed by atoms with Crippen LogP contribution in [0.25, 0.3) is 0 Å². The van der Waals surface area contributed by atoms with E-state index in [1.54, 1.807) is 17.9 Å². The molecular weight excluding hydrogens is 292 g/mol. The SMILES string of the molecule is Cc1cc(C(=O)NCc2ccc(N3CC[NH+](C)CC3)cc2)no1. The number of aromatic nitrogens is 1. The quantitative estimate of drug-likeness (QED) is 0.849. The van der Waals surface area contributed by atoms with E-state index >= 15 is 0 Å². The molecule has 1 saturated heterocycles. The first-order valence-corrected chi connectivity index (χ1v) is 7.98. The third-order valence-corrected chi connectivity index (χ3v) is 4.23. The van der Waals surface area contributed by atoms with E-state index in [9.17, 15) is 4.79 Å². The van der Waals surface area contributed by atoms with Crippen LogP contribution in [0.15, 0.2) is 34.9 Å². The van der Waals surface area contributed by atoms with Crippen molar-refractivity contribution in [1.82, 2.24) is 10.5 Å². The lowest BCUT2D eigenvalue weighted by Gasteiger charge is -2.31. The number of nitrogens with one attached hydrogen (secondary N) is 2. The third kappa shape index (κ3) is 3.90. The van der Waals surface area contributed by atoms with Gasteiger partial charge in [-0.05, 0) is 24.6 Å². The minimum Gasteiger partial charge on any atom is -0.361 e. The summed E-state index contributed by atoms with van der Waals surface area (Å²) in [6.45, 7) is 6.78. The molecule has 0 bridgehead atoms. The molecule has 1 fully saturated rings. The van der Waals surface area contributed by atoms with Crippen LogP contribution < -0.4 is 15.1 Å². The smallest absolute Gasteiger partial charge is 0.273 e. The summed E-state index contributed by atoms with van der Waals surface area (Å²) < 4.78 is 4.91. The molecule has 1 aliphatic rings. The van der Waals surface area contributed by atoms with Gasteiger partial charge in [-0.15, -0.1) is 0 Å². The second-order valence-electron chi connectivity index (χ2n) is 6.12. The Hall–Kier alpha value is -2.34. The van der Waals surface area contributed by atoms with Crippen LogP contribution in [0.2, 0.25) is 0 Å². The van der Waals surface area contributed by atoms with Crippen LogP contribution >= 0.6 is 0 Å². The number of aryl methyl sites for hydroxylation is 1. The van der Waals surface area contributed by atoms with Crippen molar-refractivity contribution in [2.45, 2.75) is 13.5 Å². The molecule has 1 aromatic heterocycles. The Bertz CT molecular complexity index is 657. The lowest BCUT2D eigenvalue weighted by atomic mass is 10.1. The van der Waals surface area contributed by atoms with Crippen molar-refractivity contribution >= 4 is 11.6 Å². The molecule has 0 atom stereocenters. The molecule has 2 N–H and O–H groups in total. The number of piperazine rings is 1. The van der Waals surface area contributed by atoms with Crippen LogP contribution in [-0.2, 0) is 6.54 Å². The zero-order valence-electron chi connectivity index (χ0n) is 13.6. The summed E-state index contributed by atoms with van der Waals surface area (Å²) in [6.07, 6.45) is 0. The van der Waals surface area contributed by atoms with Gasteiger partial charge in [0.05, 0.1) is 33.2 Å². The normalized spacial score (nSPS) is 15.7. The number of likely N-dealkylation sites (N-methyl/N-ethyl adjacent to an activating group) is 1. The molecule has 2 heterocycles. The Morgan fingerprint density at radius 3 is 2.61 bits per heavy atom. The lowest BCUT2D eigenvalue weighted by molar-refractivity contribution is -0.880. The fourth-order valence-electron chi connectivity index (χ4n) is 2.72. The van der Waals surface area contributed by atoms with Crippen molar-refractivity contribution in [3.63, 3.8) is 0 Å². The molecule has 122 valence electrons. The van der Waals surface area contributed by atoms with Crippen LogP contribution in [0.4, 0.5) is 5.69 Å². The molecule has 0 spiro atoms. The fraction of sp³-hybridized carbons (Fsp3) is 0.412. The van der Waals surface area contributed by atoms with Gasteiger partial charge in [0.25, 0.3) is 5.91 Å². The van der Waals surface area contributed by atoms with Gasteiger partial charge >= 0.3 is 0 Å². The first-order chi connectivity index (χ1) is 11.1. The van der Waals surface area contributed by atoms with E-state index < -0.39 is 0 Å². The van der Waals surface area contributed by atoms with E-state index in [0.717, 1.165) is 18.7 Å². The fourth-order valence-corrected chi connectivity index (χ4v) is 2.72. The summed E-state index contributed by atoms with van der Waals surface area (Å²) in [7, 11) is 2.24. The average Bonchev–Trinajstić information content (AvgIpc) is 3.00. The van der Waals surface area contributed by atoms with Crippen molar-refractivity contribution in [3.8, 4) is 0 Å². The molecule has 6 heteroatoms. The molecule has 23 heavy (non-hydrogen) atoms. The van der Waals surface area contributed by atoms with Crippen LogP contribution in [0.3, 0.4) is 0 Å². The number of amides is 1. The molecule has 1 aromatic carbocycles. The molecule has 0 radical (unpaired) electrons. The minimum absolute atomic E-state index is 0.215. The van der Waals surface area contributed by atoms with Crippen molar-refractivity contribution < 1.29 is 14.2 Å². The number of hydrogen-bond acceptors (Lipinski definition) is 4. The Morgan fingerprint density at radius 2 is 2.00 bits per heavy atom. The van der Waals surface area contributed by atoms with Gasteiger partial charge in [0.2, 0.25) is 0 Å². The highest BCUT2D eigenvalue weighted by molar-refractivity contribution is 5.92. The van der Waals surface area contributed by atoms with Crippen molar-refractivity contribution in [1.29, 1.82) is 0 Å². The molecule has 2 aromatic rings. The molecule has 3 rings (SSSR count). The maximum atomic E-state index is 11.9. The first kappa shape index (κ1) is 15.6. The van der Waals surface area contributed by atoms with E-state index in [0.29, 0.717) is 18.0 Å². The number of nitrogens with zero attached hydrogens (tertiary/aromatic N) is 2. The highest BCUT2D eigenvalue weighted by atomic mass is 16.5. The van der Waals surface area contributed by atoms with E-state index in [4.69, 9.17) is 4.52 Å². The van der Waals surface area contributed by atoms with Crippen LogP contribution in [0, 0.1) is 6.92 Å². The van der Waals surface area contributed by atoms with Gasteiger partial charge in [-0.3, -0.25) is 4.79 Å². The Balaban J connectivity index is 1.54. The largest absolute Gasteiger partial charge is 0.361 e. The van der Waals surface area contributed by atoms with Crippen molar-refractivity contribution in [2.75, 3.05) is 38.1 Å². The topological polar surface area (TPSA) is 62.8 Å². The van der Waals surface area contributed by atoms with E-state index in [1.165, 1.54) is 18.8 Å². The van der Waals surface area contributed by atoms with Gasteiger partial charge in [0, 0.05) is 18.3 Å². The van der Waals surface area contributed by atoms with Crippen LogP contribution in [0.1, 0.15) is 21.8 Å². The van der Waals surface area contributed by atoms with Gasteiger partial charge in [-0.1, -0.05) is 17.3 Å². The van der Waals surface area contributed by atoms with Gasteiger partial charge < -0.3 is 19.6 Å². The second-order valence-corrected chi connectivity index (χ2v) is 6.12. The maximum absolute atomic E-state index is 11.9. The van der Waals surface area contributed by atoms with Gasteiger partial charge in [-0.2, -0.15) is 0 Å². The van der Waals surface area contributed by atoms with Crippen LogP contribution in [-0.4, -0.2) is 44.3 Å². The molecular formula is C17H23N4O2+. The molecule has 0 unspecified atom stereocenters. The highest BCUT2D eigenvalue weighted by Crippen LogP contribution is 2.15. The summed E-state index contributed by atoms with van der Waals surface area (Å²) in [5.41, 5.74) is 2.64. The number of quaternary nitrogens is 1. The van der Waals surface area contributed by atoms with Crippen molar-refractivity contribution in [3.05, 3.63) is 47.3 Å². The number of carbonyl (C=O) groups is 1. The second kappa shape index (κ2) is 6.83. The van der Waals surface area contributed by atoms with E-state index in [1.807, 2.05) is 0 Å². The van der Waals surface area contributed by atoms with Gasteiger partial charge in [0.1, 0.15) is 5.76 Å². The first-order valence-electron chi connectivity index (χ1n) is 7.98. The number of benzene rings is 1. The lowest BCUT2D eigenvalue weighted by Crippen LogP contribution is -3.12. The van der Waals surface area contributed by atoms with Crippen LogP contribution in [0.5, 0.6) is 0 Å².